The van der Waals surface area contributed by atoms with Gasteiger partial charge < -0.3 is 15.7 Å². The molecule has 1 aromatic rings. The van der Waals surface area contributed by atoms with Crippen LogP contribution < -0.4 is 10.6 Å². The van der Waals surface area contributed by atoms with Gasteiger partial charge in [0.05, 0.1) is 0 Å². The van der Waals surface area contributed by atoms with Crippen molar-refractivity contribution in [3.63, 3.8) is 0 Å². The Hall–Kier alpha value is -2.37. The summed E-state index contributed by atoms with van der Waals surface area (Å²) in [6.45, 7) is 1.84. The maximum absolute atomic E-state index is 12.0. The average Bonchev–Trinajstić information content (AvgIpc) is 3.27. The first kappa shape index (κ1) is 15.0. The maximum Gasteiger partial charge on any atom is 0.326 e. The minimum absolute atomic E-state index is 0.0467. The Morgan fingerprint density at radius 2 is 1.86 bits per heavy atom. The monoisotopic (exact) mass is 290 g/mol. The molecule has 0 bridgehead atoms. The highest BCUT2D eigenvalue weighted by molar-refractivity contribution is 5.96. The van der Waals surface area contributed by atoms with Crippen molar-refractivity contribution in [2.24, 2.45) is 5.92 Å². The van der Waals surface area contributed by atoms with Crippen molar-refractivity contribution in [2.45, 2.75) is 32.4 Å². The zero-order chi connectivity index (χ0) is 15.4. The molecule has 1 fully saturated rings. The molecule has 0 aromatic heterocycles. The van der Waals surface area contributed by atoms with Gasteiger partial charge in [-0.15, -0.1) is 0 Å². The van der Waals surface area contributed by atoms with Crippen LogP contribution in [-0.4, -0.2) is 28.9 Å². The predicted molar refractivity (Wildman–Crippen MR) is 75.6 cm³/mol. The number of carboxylic acid groups (broad SMARTS) is 1. The molecule has 1 atom stereocenters. The quantitative estimate of drug-likeness (QED) is 0.726. The summed E-state index contributed by atoms with van der Waals surface area (Å²) in [7, 11) is 0. The van der Waals surface area contributed by atoms with E-state index in [1.807, 2.05) is 0 Å². The Balaban J connectivity index is 1.95. The molecule has 6 nitrogen and oxygen atoms in total. The Morgan fingerprint density at radius 3 is 2.33 bits per heavy atom. The largest absolute Gasteiger partial charge is 0.480 e. The van der Waals surface area contributed by atoms with Crippen molar-refractivity contribution in [1.82, 2.24) is 10.6 Å². The fourth-order valence-electron chi connectivity index (χ4n) is 2.04. The lowest BCUT2D eigenvalue weighted by atomic mass is 10.1. The summed E-state index contributed by atoms with van der Waals surface area (Å²) in [5, 5.41) is 14.3. The lowest BCUT2D eigenvalue weighted by Crippen LogP contribution is -2.42. The van der Waals surface area contributed by atoms with Crippen LogP contribution in [0.5, 0.6) is 0 Å². The smallest absolute Gasteiger partial charge is 0.326 e. The highest BCUT2D eigenvalue weighted by Crippen LogP contribution is 2.32. The minimum Gasteiger partial charge on any atom is -0.480 e. The first-order valence-electron chi connectivity index (χ1n) is 6.84. The normalized spacial score (nSPS) is 15.1. The van der Waals surface area contributed by atoms with E-state index in [9.17, 15) is 14.4 Å². The summed E-state index contributed by atoms with van der Waals surface area (Å²) < 4.78 is 0. The van der Waals surface area contributed by atoms with Crippen LogP contribution in [0.4, 0.5) is 0 Å². The van der Waals surface area contributed by atoms with Gasteiger partial charge in [0.15, 0.2) is 0 Å². The first-order chi connectivity index (χ1) is 9.97. The molecule has 112 valence electrons. The van der Waals surface area contributed by atoms with Crippen molar-refractivity contribution < 1.29 is 19.5 Å². The van der Waals surface area contributed by atoms with Crippen LogP contribution in [0.25, 0.3) is 0 Å². The van der Waals surface area contributed by atoms with E-state index in [-0.39, 0.29) is 17.7 Å². The highest BCUT2D eigenvalue weighted by Gasteiger charge is 2.37. The zero-order valence-electron chi connectivity index (χ0n) is 11.8. The van der Waals surface area contributed by atoms with Crippen LogP contribution in [-0.2, 0) is 16.1 Å². The summed E-state index contributed by atoms with van der Waals surface area (Å²) >= 11 is 0. The van der Waals surface area contributed by atoms with E-state index in [1.165, 1.54) is 6.92 Å². The van der Waals surface area contributed by atoms with Gasteiger partial charge in [-0.25, -0.2) is 4.79 Å². The molecule has 0 heterocycles. The number of hydrogen-bond donors (Lipinski definition) is 3. The number of amides is 2. The van der Waals surface area contributed by atoms with Gasteiger partial charge in [0, 0.05) is 19.0 Å². The number of carbonyl (C=O) groups is 3. The van der Waals surface area contributed by atoms with E-state index < -0.39 is 12.0 Å². The second-order valence-corrected chi connectivity index (χ2v) is 5.23. The molecule has 0 radical (unpaired) electrons. The van der Waals surface area contributed by atoms with Crippen LogP contribution in [0.3, 0.4) is 0 Å². The first-order valence-corrected chi connectivity index (χ1v) is 6.84. The number of hydrogen-bond acceptors (Lipinski definition) is 3. The van der Waals surface area contributed by atoms with Gasteiger partial charge in [-0.05, 0) is 36.5 Å². The van der Waals surface area contributed by atoms with Crippen LogP contribution in [0.1, 0.15) is 35.7 Å². The molecule has 3 N–H and O–H groups in total. The molecule has 1 aliphatic carbocycles. The van der Waals surface area contributed by atoms with Gasteiger partial charge in [0.25, 0.3) is 5.91 Å². The fourth-order valence-corrected chi connectivity index (χ4v) is 2.04. The van der Waals surface area contributed by atoms with Crippen molar-refractivity contribution in [3.05, 3.63) is 35.4 Å². The van der Waals surface area contributed by atoms with Gasteiger partial charge in [-0.1, -0.05) is 12.1 Å². The van der Waals surface area contributed by atoms with Gasteiger partial charge >= 0.3 is 5.97 Å². The molecule has 2 rings (SSSR count). The molecule has 1 unspecified atom stereocenters. The van der Waals surface area contributed by atoms with Gasteiger partial charge in [0.1, 0.15) is 6.04 Å². The Kier molecular flexibility index (Phi) is 4.57. The topological polar surface area (TPSA) is 95.5 Å². The second kappa shape index (κ2) is 6.39. The van der Waals surface area contributed by atoms with E-state index in [2.05, 4.69) is 10.6 Å². The predicted octanol–water partition coefficient (Wildman–Crippen LogP) is 0.916. The van der Waals surface area contributed by atoms with Crippen LogP contribution in [0.15, 0.2) is 24.3 Å². The van der Waals surface area contributed by atoms with Crippen LogP contribution >= 0.6 is 0 Å². The molecule has 1 saturated carbocycles. The number of aliphatic carboxylic acids is 1. The van der Waals surface area contributed by atoms with Crippen molar-refractivity contribution in [3.8, 4) is 0 Å². The van der Waals surface area contributed by atoms with E-state index in [1.54, 1.807) is 24.3 Å². The SMILES string of the molecule is CC(=O)NCc1ccc(C(=O)NC(C(=O)O)C2CC2)cc1. The average molecular weight is 290 g/mol. The third-order valence-corrected chi connectivity index (χ3v) is 3.40. The van der Waals surface area contributed by atoms with E-state index in [0.717, 1.165) is 18.4 Å². The molecule has 6 heteroatoms. The minimum atomic E-state index is -0.992. The van der Waals surface area contributed by atoms with Crippen molar-refractivity contribution in [2.75, 3.05) is 0 Å². The molecular weight excluding hydrogens is 272 g/mol. The van der Waals surface area contributed by atoms with Crippen molar-refractivity contribution in [1.29, 1.82) is 0 Å². The Morgan fingerprint density at radius 1 is 1.24 bits per heavy atom. The molecular formula is C15H18N2O4. The van der Waals surface area contributed by atoms with E-state index >= 15 is 0 Å². The fraction of sp³-hybridized carbons (Fsp3) is 0.400. The van der Waals surface area contributed by atoms with Gasteiger partial charge in [-0.2, -0.15) is 0 Å². The Bertz CT molecular complexity index is 549. The number of nitrogens with one attached hydrogen (secondary N) is 2. The lowest BCUT2D eigenvalue weighted by Gasteiger charge is -2.13. The number of benzene rings is 1. The number of rotatable bonds is 6. The summed E-state index contributed by atoms with van der Waals surface area (Å²) in [4.78, 5) is 33.9. The lowest BCUT2D eigenvalue weighted by molar-refractivity contribution is -0.139. The summed E-state index contributed by atoms with van der Waals surface area (Å²) in [5.41, 5.74) is 1.28. The molecule has 0 saturated heterocycles. The van der Waals surface area contributed by atoms with Gasteiger partial charge in [0.2, 0.25) is 5.91 Å². The van der Waals surface area contributed by atoms with Crippen LogP contribution in [0.2, 0.25) is 0 Å². The van der Waals surface area contributed by atoms with Crippen LogP contribution in [0, 0.1) is 5.92 Å². The highest BCUT2D eigenvalue weighted by atomic mass is 16.4. The number of carboxylic acids is 1. The molecule has 0 aliphatic heterocycles. The maximum atomic E-state index is 12.0. The second-order valence-electron chi connectivity index (χ2n) is 5.23. The third-order valence-electron chi connectivity index (χ3n) is 3.40. The summed E-state index contributed by atoms with van der Waals surface area (Å²) in [5.74, 6) is -1.45. The number of carbonyl (C=O) groups excluding carboxylic acids is 2. The Labute approximate surface area is 122 Å². The van der Waals surface area contributed by atoms with Gasteiger partial charge in [-0.3, -0.25) is 9.59 Å². The molecule has 1 aromatic carbocycles. The zero-order valence-corrected chi connectivity index (χ0v) is 11.8. The standard InChI is InChI=1S/C15H18N2O4/c1-9(18)16-8-10-2-4-12(5-3-10)14(19)17-13(15(20)21)11-6-7-11/h2-5,11,13H,6-8H2,1H3,(H,16,18)(H,17,19)(H,20,21). The molecule has 1 aliphatic rings. The summed E-state index contributed by atoms with van der Waals surface area (Å²) in [6.07, 6.45) is 1.68. The van der Waals surface area contributed by atoms with E-state index in [4.69, 9.17) is 5.11 Å². The molecule has 21 heavy (non-hydrogen) atoms. The molecule has 0 spiro atoms. The van der Waals surface area contributed by atoms with E-state index in [0.29, 0.717) is 12.1 Å². The summed E-state index contributed by atoms with van der Waals surface area (Å²) in [6, 6.07) is 5.91. The van der Waals surface area contributed by atoms with Crippen molar-refractivity contribution >= 4 is 17.8 Å². The third kappa shape index (κ3) is 4.30. The molecule has 2 amide bonds.